The summed E-state index contributed by atoms with van der Waals surface area (Å²) in [7, 11) is 0. The van der Waals surface area contributed by atoms with Crippen molar-refractivity contribution in [2.75, 3.05) is 0 Å². The second-order valence-electron chi connectivity index (χ2n) is 13.5. The molecule has 0 aliphatic heterocycles. The number of hydrogen-bond acceptors (Lipinski definition) is 5. The summed E-state index contributed by atoms with van der Waals surface area (Å²) in [6, 6.07) is 48.1. The van der Waals surface area contributed by atoms with Gasteiger partial charge in [-0.3, -0.25) is 0 Å². The van der Waals surface area contributed by atoms with Gasteiger partial charge in [0.05, 0.1) is 0 Å². The number of hydrogen-bond donors (Lipinski definition) is 0. The van der Waals surface area contributed by atoms with Gasteiger partial charge in [0.15, 0.2) is 17.5 Å². The molecule has 0 N–H and O–H groups in total. The van der Waals surface area contributed by atoms with Crippen LogP contribution in [0.5, 0.6) is 0 Å². The van der Waals surface area contributed by atoms with Gasteiger partial charge < -0.3 is 8.83 Å². The molecule has 7 aromatic carbocycles. The molecule has 52 heavy (non-hydrogen) atoms. The van der Waals surface area contributed by atoms with Gasteiger partial charge in [-0.05, 0) is 70.6 Å². The average Bonchev–Trinajstić information content (AvgIpc) is 3.79. The molecule has 0 unspecified atom stereocenters. The zero-order valence-corrected chi connectivity index (χ0v) is 28.0. The number of furan rings is 2. The van der Waals surface area contributed by atoms with Crippen molar-refractivity contribution in [3.8, 4) is 45.3 Å². The third kappa shape index (κ3) is 4.53. The van der Waals surface area contributed by atoms with Crippen LogP contribution < -0.4 is 0 Å². The molecule has 11 rings (SSSR count). The van der Waals surface area contributed by atoms with Gasteiger partial charge in [0.2, 0.25) is 0 Å². The van der Waals surface area contributed by atoms with Crippen molar-refractivity contribution >= 4 is 60.7 Å². The highest BCUT2D eigenvalue weighted by molar-refractivity contribution is 6.14. The van der Waals surface area contributed by atoms with Crippen LogP contribution in [0.2, 0.25) is 0 Å². The topological polar surface area (TPSA) is 65.0 Å². The summed E-state index contributed by atoms with van der Waals surface area (Å²) >= 11 is 0. The summed E-state index contributed by atoms with van der Waals surface area (Å²) in [4.78, 5) is 15.4. The largest absolute Gasteiger partial charge is 0.456 e. The first kappa shape index (κ1) is 28.9. The fourth-order valence-electron chi connectivity index (χ4n) is 7.91. The van der Waals surface area contributed by atoms with E-state index in [1.807, 2.05) is 54.6 Å². The van der Waals surface area contributed by atoms with Crippen LogP contribution in [0, 0.1) is 0 Å². The lowest BCUT2D eigenvalue weighted by molar-refractivity contribution is 0.668. The van der Waals surface area contributed by atoms with Gasteiger partial charge in [-0.1, -0.05) is 121 Å². The highest BCUT2D eigenvalue weighted by Gasteiger charge is 2.20. The standard InChI is InChI=1S/C47H29N3O2/c1-2-11-30(12-3-1)45-48-46(32-23-22-29-21-20-28-10-4-5-13-33(28)38(29)27-32)50-47(49-45)37-17-9-19-42-43(37)39-26-31(24-25-41(39)51-42)34-15-8-16-36-35-14-6-7-18-40(35)52-44(34)36/h1-4,6-12,14-27H,5,13H2. The van der Waals surface area contributed by atoms with E-state index in [4.69, 9.17) is 23.8 Å². The van der Waals surface area contributed by atoms with Gasteiger partial charge in [-0.15, -0.1) is 0 Å². The fraction of sp³-hybridized carbons (Fsp3) is 0.0426. The van der Waals surface area contributed by atoms with Gasteiger partial charge in [0, 0.05) is 43.8 Å². The van der Waals surface area contributed by atoms with Crippen molar-refractivity contribution in [3.63, 3.8) is 0 Å². The quantitative estimate of drug-likeness (QED) is 0.187. The summed E-state index contributed by atoms with van der Waals surface area (Å²) in [6.45, 7) is 0. The minimum Gasteiger partial charge on any atom is -0.456 e. The predicted octanol–water partition coefficient (Wildman–Crippen LogP) is 12.5. The summed E-state index contributed by atoms with van der Waals surface area (Å²) in [5, 5.41) is 6.63. The first-order valence-corrected chi connectivity index (χ1v) is 17.7. The van der Waals surface area contributed by atoms with Crippen LogP contribution in [0.25, 0.3) is 106 Å². The van der Waals surface area contributed by atoms with Crippen molar-refractivity contribution < 1.29 is 8.83 Å². The molecule has 0 atom stereocenters. The van der Waals surface area contributed by atoms with Crippen molar-refractivity contribution in [1.82, 2.24) is 15.0 Å². The second-order valence-corrected chi connectivity index (χ2v) is 13.5. The summed E-state index contributed by atoms with van der Waals surface area (Å²) in [5.74, 6) is 1.86. The Kier molecular flexibility index (Phi) is 6.31. The zero-order chi connectivity index (χ0) is 34.2. The molecule has 0 saturated heterocycles. The lowest BCUT2D eigenvalue weighted by atomic mass is 9.91. The number of rotatable bonds is 4. The van der Waals surface area contributed by atoms with E-state index in [0.717, 1.165) is 84.5 Å². The van der Waals surface area contributed by atoms with E-state index in [-0.39, 0.29) is 0 Å². The van der Waals surface area contributed by atoms with Gasteiger partial charge in [0.25, 0.3) is 0 Å². The molecule has 0 bridgehead atoms. The van der Waals surface area contributed by atoms with Gasteiger partial charge in [0.1, 0.15) is 22.3 Å². The van der Waals surface area contributed by atoms with Crippen molar-refractivity contribution in [1.29, 1.82) is 0 Å². The van der Waals surface area contributed by atoms with E-state index >= 15 is 0 Å². The number of aromatic nitrogens is 3. The molecule has 5 nitrogen and oxygen atoms in total. The van der Waals surface area contributed by atoms with Crippen molar-refractivity contribution in [3.05, 3.63) is 157 Å². The molecule has 0 spiro atoms. The van der Waals surface area contributed by atoms with Crippen LogP contribution in [-0.4, -0.2) is 15.0 Å². The smallest absolute Gasteiger partial charge is 0.164 e. The Morgan fingerprint density at radius 1 is 0.462 bits per heavy atom. The highest BCUT2D eigenvalue weighted by atomic mass is 16.3. The number of allylic oxidation sites excluding steroid dienone is 1. The monoisotopic (exact) mass is 667 g/mol. The molecular weight excluding hydrogens is 639 g/mol. The maximum Gasteiger partial charge on any atom is 0.164 e. The highest BCUT2D eigenvalue weighted by Crippen LogP contribution is 2.41. The summed E-state index contributed by atoms with van der Waals surface area (Å²) < 4.78 is 12.9. The van der Waals surface area contributed by atoms with Crippen LogP contribution in [0.3, 0.4) is 0 Å². The van der Waals surface area contributed by atoms with E-state index in [1.54, 1.807) is 0 Å². The fourth-order valence-corrected chi connectivity index (χ4v) is 7.91. The zero-order valence-electron chi connectivity index (χ0n) is 28.0. The molecule has 1 aliphatic rings. The lowest BCUT2D eigenvalue weighted by Gasteiger charge is -2.15. The Balaban J connectivity index is 1.13. The van der Waals surface area contributed by atoms with E-state index in [9.17, 15) is 0 Å². The van der Waals surface area contributed by atoms with E-state index in [1.165, 1.54) is 21.9 Å². The molecule has 1 aliphatic carbocycles. The first-order valence-electron chi connectivity index (χ1n) is 17.7. The molecule has 0 saturated carbocycles. The van der Waals surface area contributed by atoms with Crippen LogP contribution in [0.15, 0.2) is 154 Å². The Bertz CT molecular complexity index is 3080. The Labute approximate surface area is 298 Å². The molecular formula is C47H29N3O2. The van der Waals surface area contributed by atoms with Gasteiger partial charge in [-0.25, -0.2) is 15.0 Å². The molecule has 0 radical (unpaired) electrons. The van der Waals surface area contributed by atoms with Crippen molar-refractivity contribution in [2.45, 2.75) is 12.8 Å². The number of benzene rings is 7. The Morgan fingerprint density at radius 3 is 2.12 bits per heavy atom. The predicted molar refractivity (Wildman–Crippen MR) is 211 cm³/mol. The summed E-state index contributed by atoms with van der Waals surface area (Å²) in [5.41, 5.74) is 10.9. The van der Waals surface area contributed by atoms with Crippen LogP contribution in [0.4, 0.5) is 0 Å². The minimum atomic E-state index is 0.597. The van der Waals surface area contributed by atoms with E-state index in [0.29, 0.717) is 17.5 Å². The number of nitrogens with zero attached hydrogens (tertiary/aromatic N) is 3. The SMILES string of the molecule is C1=Cc2ccc3ccc(-c4nc(-c5ccccc5)nc(-c5cccc6oc7ccc(-c8cccc9c8oc8ccccc89)cc7c56)n4)cc3c2CC1. The Morgan fingerprint density at radius 2 is 1.17 bits per heavy atom. The maximum atomic E-state index is 6.47. The lowest BCUT2D eigenvalue weighted by Crippen LogP contribution is -2.01. The number of aryl methyl sites for hydroxylation is 1. The summed E-state index contributed by atoms with van der Waals surface area (Å²) in [6.07, 6.45) is 6.55. The van der Waals surface area contributed by atoms with E-state index < -0.39 is 0 Å². The maximum absolute atomic E-state index is 6.47. The van der Waals surface area contributed by atoms with Crippen LogP contribution in [-0.2, 0) is 6.42 Å². The van der Waals surface area contributed by atoms with Crippen LogP contribution >= 0.6 is 0 Å². The van der Waals surface area contributed by atoms with E-state index in [2.05, 4.69) is 97.1 Å². The minimum absolute atomic E-state index is 0.597. The van der Waals surface area contributed by atoms with Crippen LogP contribution in [0.1, 0.15) is 17.5 Å². The molecule has 244 valence electrons. The molecule has 10 aromatic rings. The van der Waals surface area contributed by atoms with Crippen molar-refractivity contribution in [2.24, 2.45) is 0 Å². The molecule has 3 aromatic heterocycles. The van der Waals surface area contributed by atoms with Gasteiger partial charge in [-0.2, -0.15) is 0 Å². The third-order valence-electron chi connectivity index (χ3n) is 10.4. The molecule has 5 heteroatoms. The number of fused-ring (bicyclic) bond motifs is 9. The molecule has 0 fully saturated rings. The normalized spacial score (nSPS) is 12.8. The average molecular weight is 668 g/mol. The third-order valence-corrected chi connectivity index (χ3v) is 10.4. The number of para-hydroxylation sites is 2. The van der Waals surface area contributed by atoms with Gasteiger partial charge >= 0.3 is 0 Å². The first-order chi connectivity index (χ1) is 25.7. The molecule has 3 heterocycles. The second kappa shape index (κ2) is 11.3. The Hall–Kier alpha value is -6.85. The molecule has 0 amide bonds.